The van der Waals surface area contributed by atoms with Gasteiger partial charge in [-0.1, -0.05) is 11.6 Å². The molecule has 154 valence electrons. The van der Waals surface area contributed by atoms with Gasteiger partial charge in [-0.15, -0.1) is 0 Å². The van der Waals surface area contributed by atoms with Crippen LogP contribution >= 0.6 is 11.6 Å². The summed E-state index contributed by atoms with van der Waals surface area (Å²) in [5.74, 6) is -1.18. The Bertz CT molecular complexity index is 877. The lowest BCUT2D eigenvalue weighted by Crippen LogP contribution is -2.53. The van der Waals surface area contributed by atoms with Crippen molar-refractivity contribution in [3.05, 3.63) is 64.7 Å². The number of ether oxygens (including phenoxy) is 2. The number of hydrogen-bond acceptors (Lipinski definition) is 6. The van der Waals surface area contributed by atoms with Crippen LogP contribution in [0, 0.1) is 0 Å². The molecule has 0 saturated heterocycles. The van der Waals surface area contributed by atoms with Crippen molar-refractivity contribution in [1.82, 2.24) is 5.32 Å². The second kappa shape index (κ2) is 9.54. The van der Waals surface area contributed by atoms with E-state index < -0.39 is 30.1 Å². The average molecular weight is 420 g/mol. The summed E-state index contributed by atoms with van der Waals surface area (Å²) in [5.41, 5.74) is -0.392. The molecule has 0 fully saturated rings. The highest BCUT2D eigenvalue weighted by atomic mass is 35.5. The van der Waals surface area contributed by atoms with Gasteiger partial charge in [-0.3, -0.25) is 9.59 Å². The summed E-state index contributed by atoms with van der Waals surface area (Å²) in [6.45, 7) is 2.43. The predicted octanol–water partition coefficient (Wildman–Crippen LogP) is 2.38. The lowest BCUT2D eigenvalue weighted by Gasteiger charge is -2.27. The topological polar surface area (TPSA) is 102 Å². The molecule has 2 aromatic carbocycles. The van der Waals surface area contributed by atoms with Crippen molar-refractivity contribution < 1.29 is 29.0 Å². The summed E-state index contributed by atoms with van der Waals surface area (Å²) in [6.07, 6.45) is 0. The predicted molar refractivity (Wildman–Crippen MR) is 107 cm³/mol. The number of nitrogens with one attached hydrogen (secondary N) is 1. The summed E-state index contributed by atoms with van der Waals surface area (Å²) in [7, 11) is 1.16. The Morgan fingerprint density at radius 2 is 1.55 bits per heavy atom. The molecule has 0 radical (unpaired) electrons. The molecule has 1 unspecified atom stereocenters. The zero-order chi connectivity index (χ0) is 21.6. The number of ketones is 1. The van der Waals surface area contributed by atoms with Crippen molar-refractivity contribution in [2.75, 3.05) is 13.7 Å². The normalized spacial score (nSPS) is 12.0. The Morgan fingerprint density at radius 3 is 2.03 bits per heavy atom. The SMILES string of the molecule is COC(=O)C(CO)NC(=O)C(C)(C)Oc1ccc(C(=O)c2ccc(Cl)cc2)cc1. The summed E-state index contributed by atoms with van der Waals surface area (Å²) in [5, 5.41) is 12.2. The molecule has 0 bridgehead atoms. The summed E-state index contributed by atoms with van der Waals surface area (Å²) >= 11 is 5.84. The molecular formula is C21H22ClNO6. The van der Waals surface area contributed by atoms with Gasteiger partial charge in [-0.2, -0.15) is 0 Å². The molecule has 1 amide bonds. The van der Waals surface area contributed by atoms with Crippen LogP contribution in [0.2, 0.25) is 5.02 Å². The molecule has 0 aliphatic rings. The first kappa shape index (κ1) is 22.4. The van der Waals surface area contributed by atoms with E-state index in [1.54, 1.807) is 48.5 Å². The zero-order valence-electron chi connectivity index (χ0n) is 16.3. The fourth-order valence-corrected chi connectivity index (χ4v) is 2.56. The van der Waals surface area contributed by atoms with Crippen LogP contribution in [-0.4, -0.2) is 48.1 Å². The van der Waals surface area contributed by atoms with E-state index in [0.29, 0.717) is 21.9 Å². The molecular weight excluding hydrogens is 398 g/mol. The van der Waals surface area contributed by atoms with Gasteiger partial charge in [-0.25, -0.2) is 4.79 Å². The number of rotatable bonds is 8. The second-order valence-electron chi connectivity index (χ2n) is 6.70. The summed E-state index contributed by atoms with van der Waals surface area (Å²) in [6, 6.07) is 11.7. The number of methoxy groups -OCH3 is 1. The van der Waals surface area contributed by atoms with Gasteiger partial charge in [0.2, 0.25) is 0 Å². The maximum atomic E-state index is 12.5. The van der Waals surface area contributed by atoms with Gasteiger partial charge in [0.1, 0.15) is 5.75 Å². The molecule has 0 aliphatic carbocycles. The molecule has 0 heterocycles. The van der Waals surface area contributed by atoms with Gasteiger partial charge in [0.15, 0.2) is 17.4 Å². The maximum absolute atomic E-state index is 12.5. The molecule has 0 spiro atoms. The molecule has 0 aliphatic heterocycles. The minimum atomic E-state index is -1.34. The number of aliphatic hydroxyl groups excluding tert-OH is 1. The molecule has 1 atom stereocenters. The van der Waals surface area contributed by atoms with Gasteiger partial charge in [0.25, 0.3) is 5.91 Å². The monoisotopic (exact) mass is 419 g/mol. The average Bonchev–Trinajstić information content (AvgIpc) is 2.71. The van der Waals surface area contributed by atoms with Crippen LogP contribution in [0.1, 0.15) is 29.8 Å². The quantitative estimate of drug-likeness (QED) is 0.503. The van der Waals surface area contributed by atoms with E-state index in [-0.39, 0.29) is 5.78 Å². The fraction of sp³-hybridized carbons (Fsp3) is 0.286. The Labute approximate surface area is 173 Å². The van der Waals surface area contributed by atoms with Crippen molar-refractivity contribution in [2.24, 2.45) is 0 Å². The fourth-order valence-electron chi connectivity index (χ4n) is 2.44. The minimum Gasteiger partial charge on any atom is -0.478 e. The van der Waals surface area contributed by atoms with E-state index in [9.17, 15) is 19.5 Å². The lowest BCUT2D eigenvalue weighted by atomic mass is 10.0. The number of aliphatic hydroxyl groups is 1. The zero-order valence-corrected chi connectivity index (χ0v) is 17.0. The number of carbonyl (C=O) groups excluding carboxylic acids is 3. The molecule has 2 aromatic rings. The molecule has 2 rings (SSSR count). The summed E-state index contributed by atoms with van der Waals surface area (Å²) < 4.78 is 10.2. The van der Waals surface area contributed by atoms with Crippen LogP contribution < -0.4 is 10.1 Å². The minimum absolute atomic E-state index is 0.172. The number of amides is 1. The molecule has 0 saturated carbocycles. The third-order valence-electron chi connectivity index (χ3n) is 4.12. The van der Waals surface area contributed by atoms with Crippen LogP contribution in [0.5, 0.6) is 5.75 Å². The van der Waals surface area contributed by atoms with E-state index in [1.807, 2.05) is 0 Å². The molecule has 7 nitrogen and oxygen atoms in total. The number of benzene rings is 2. The van der Waals surface area contributed by atoms with E-state index in [1.165, 1.54) is 13.8 Å². The van der Waals surface area contributed by atoms with Crippen LogP contribution in [-0.2, 0) is 14.3 Å². The van der Waals surface area contributed by atoms with Crippen molar-refractivity contribution in [2.45, 2.75) is 25.5 Å². The van der Waals surface area contributed by atoms with Crippen molar-refractivity contribution >= 4 is 29.3 Å². The van der Waals surface area contributed by atoms with Crippen LogP contribution in [0.3, 0.4) is 0 Å². The summed E-state index contributed by atoms with van der Waals surface area (Å²) in [4.78, 5) is 36.4. The molecule has 29 heavy (non-hydrogen) atoms. The first-order valence-corrected chi connectivity index (χ1v) is 9.14. The largest absolute Gasteiger partial charge is 0.478 e. The highest BCUT2D eigenvalue weighted by Crippen LogP contribution is 2.21. The van der Waals surface area contributed by atoms with Gasteiger partial charge >= 0.3 is 5.97 Å². The standard InChI is InChI=1S/C21H22ClNO6/c1-21(2,20(27)23-17(12-24)19(26)28-3)29-16-10-6-14(7-11-16)18(25)13-4-8-15(22)9-5-13/h4-11,17,24H,12H2,1-3H3,(H,23,27). The number of esters is 1. The van der Waals surface area contributed by atoms with Gasteiger partial charge < -0.3 is 19.9 Å². The smallest absolute Gasteiger partial charge is 0.330 e. The number of carbonyl (C=O) groups is 3. The Balaban J connectivity index is 2.07. The van der Waals surface area contributed by atoms with Crippen LogP contribution in [0.25, 0.3) is 0 Å². The first-order chi connectivity index (χ1) is 13.7. The number of halogens is 1. The van der Waals surface area contributed by atoms with E-state index in [0.717, 1.165) is 7.11 Å². The van der Waals surface area contributed by atoms with E-state index in [4.69, 9.17) is 16.3 Å². The van der Waals surface area contributed by atoms with Crippen molar-refractivity contribution in [3.63, 3.8) is 0 Å². The van der Waals surface area contributed by atoms with Crippen LogP contribution in [0.15, 0.2) is 48.5 Å². The van der Waals surface area contributed by atoms with E-state index >= 15 is 0 Å². The Hall–Kier alpha value is -2.90. The number of hydrogen-bond donors (Lipinski definition) is 2. The molecule has 8 heteroatoms. The van der Waals surface area contributed by atoms with Gasteiger partial charge in [0, 0.05) is 16.1 Å². The van der Waals surface area contributed by atoms with Crippen molar-refractivity contribution in [3.8, 4) is 5.75 Å². The molecule has 0 aromatic heterocycles. The van der Waals surface area contributed by atoms with Crippen molar-refractivity contribution in [1.29, 1.82) is 0 Å². The third-order valence-corrected chi connectivity index (χ3v) is 4.37. The highest BCUT2D eigenvalue weighted by Gasteiger charge is 2.33. The highest BCUT2D eigenvalue weighted by molar-refractivity contribution is 6.30. The first-order valence-electron chi connectivity index (χ1n) is 8.77. The van der Waals surface area contributed by atoms with Gasteiger partial charge in [-0.05, 0) is 62.4 Å². The Morgan fingerprint density at radius 1 is 1.03 bits per heavy atom. The Kier molecular flexibility index (Phi) is 7.36. The molecule has 2 N–H and O–H groups in total. The maximum Gasteiger partial charge on any atom is 0.330 e. The van der Waals surface area contributed by atoms with Gasteiger partial charge in [0.05, 0.1) is 13.7 Å². The van der Waals surface area contributed by atoms with Crippen LogP contribution in [0.4, 0.5) is 0 Å². The van der Waals surface area contributed by atoms with E-state index in [2.05, 4.69) is 10.1 Å². The third kappa shape index (κ3) is 5.79. The lowest BCUT2D eigenvalue weighted by molar-refractivity contribution is -0.148. The second-order valence-corrected chi connectivity index (χ2v) is 7.14.